The Morgan fingerprint density at radius 3 is 2.83 bits per heavy atom. The highest BCUT2D eigenvalue weighted by Gasteiger charge is 2.21. The molecular weight excluding hydrogens is 390 g/mol. The van der Waals surface area contributed by atoms with Crippen molar-refractivity contribution in [3.63, 3.8) is 0 Å². The lowest BCUT2D eigenvalue weighted by molar-refractivity contribution is 0.403. The van der Waals surface area contributed by atoms with E-state index in [1.165, 1.54) is 4.52 Å². The van der Waals surface area contributed by atoms with Gasteiger partial charge in [-0.25, -0.2) is 9.79 Å². The zero-order valence-electron chi connectivity index (χ0n) is 15.9. The van der Waals surface area contributed by atoms with Crippen LogP contribution in [0.2, 0.25) is 0 Å². The zero-order chi connectivity index (χ0) is 20.7. The molecule has 11 nitrogen and oxygen atoms in total. The van der Waals surface area contributed by atoms with Gasteiger partial charge in [0.1, 0.15) is 17.2 Å². The summed E-state index contributed by atoms with van der Waals surface area (Å²) in [6.45, 7) is 0. The molecule has 11 heteroatoms. The number of methoxy groups -OCH3 is 1. The first-order valence-electron chi connectivity index (χ1n) is 9.23. The largest absolute Gasteiger partial charge is 0.497 e. The molecule has 3 aromatic heterocycles. The number of ether oxygens (including phenoxy) is 2. The monoisotopic (exact) mass is 407 g/mol. The van der Waals surface area contributed by atoms with Gasteiger partial charge in [-0.2, -0.15) is 19.6 Å². The van der Waals surface area contributed by atoms with Crippen LogP contribution in [0.25, 0.3) is 11.7 Å². The SMILES string of the molecule is COc1cccc(Oc2nc(=NC3CC3)n3nc/c(=C\c4[nH]c(=O)[nH]c4O)c3n2)c1. The predicted octanol–water partition coefficient (Wildman–Crippen LogP) is 0.258. The third-order valence-electron chi connectivity index (χ3n) is 4.49. The van der Waals surface area contributed by atoms with Crippen molar-refractivity contribution in [2.75, 3.05) is 7.11 Å². The van der Waals surface area contributed by atoms with Crippen molar-refractivity contribution in [1.29, 1.82) is 0 Å². The van der Waals surface area contributed by atoms with Crippen LogP contribution >= 0.6 is 0 Å². The summed E-state index contributed by atoms with van der Waals surface area (Å²) < 4.78 is 12.6. The Morgan fingerprint density at radius 2 is 2.10 bits per heavy atom. The summed E-state index contributed by atoms with van der Waals surface area (Å²) in [4.78, 5) is 29.6. The second-order valence-corrected chi connectivity index (χ2v) is 6.77. The number of aromatic amines is 2. The second-order valence-electron chi connectivity index (χ2n) is 6.77. The Kier molecular flexibility index (Phi) is 4.20. The van der Waals surface area contributed by atoms with Crippen molar-refractivity contribution in [3.05, 3.63) is 57.5 Å². The first-order valence-corrected chi connectivity index (χ1v) is 9.23. The lowest BCUT2D eigenvalue weighted by atomic mass is 10.3. The molecular formula is C19H17N7O4. The van der Waals surface area contributed by atoms with Gasteiger partial charge in [0.2, 0.25) is 5.88 Å². The topological polar surface area (TPSA) is 143 Å². The predicted molar refractivity (Wildman–Crippen MR) is 104 cm³/mol. The van der Waals surface area contributed by atoms with Crippen LogP contribution in [0, 0.1) is 0 Å². The fourth-order valence-corrected chi connectivity index (χ4v) is 2.88. The number of aromatic nitrogens is 6. The molecule has 1 aliphatic carbocycles. The Labute approximate surface area is 168 Å². The molecule has 5 rings (SSSR count). The standard InChI is InChI=1S/C19H17N7O4/c1-29-12-3-2-4-13(8-12)30-19-23-15-10(7-14-16(27)24-18(28)22-14)9-20-26(15)17(25-19)21-11-5-6-11/h2-4,7-9,11,27H,5-6H2,1H3,(H2,22,24,28)/b10-7+,21-17?. The normalized spacial score (nSPS) is 15.1. The van der Waals surface area contributed by atoms with Gasteiger partial charge in [-0.15, -0.1) is 0 Å². The molecule has 0 saturated heterocycles. The zero-order valence-corrected chi connectivity index (χ0v) is 15.9. The van der Waals surface area contributed by atoms with Crippen LogP contribution in [0.1, 0.15) is 18.5 Å². The van der Waals surface area contributed by atoms with Crippen LogP contribution < -0.4 is 26.0 Å². The van der Waals surface area contributed by atoms with Gasteiger partial charge in [0.25, 0.3) is 5.62 Å². The van der Waals surface area contributed by atoms with Crippen molar-refractivity contribution < 1.29 is 14.6 Å². The van der Waals surface area contributed by atoms with Gasteiger partial charge < -0.3 is 19.6 Å². The van der Waals surface area contributed by atoms with Crippen LogP contribution in [-0.4, -0.2) is 47.8 Å². The van der Waals surface area contributed by atoms with Crippen LogP contribution in [0.4, 0.5) is 0 Å². The van der Waals surface area contributed by atoms with Crippen molar-refractivity contribution in [2.45, 2.75) is 18.9 Å². The van der Waals surface area contributed by atoms with E-state index in [1.54, 1.807) is 43.6 Å². The number of rotatable bonds is 5. The van der Waals surface area contributed by atoms with E-state index in [-0.39, 0.29) is 23.6 Å². The van der Waals surface area contributed by atoms with E-state index in [4.69, 9.17) is 9.47 Å². The molecule has 1 aliphatic rings. The summed E-state index contributed by atoms with van der Waals surface area (Å²) in [7, 11) is 1.57. The van der Waals surface area contributed by atoms with E-state index in [9.17, 15) is 9.90 Å². The lowest BCUT2D eigenvalue weighted by Crippen LogP contribution is -2.23. The number of nitrogens with zero attached hydrogens (tertiary/aromatic N) is 5. The van der Waals surface area contributed by atoms with E-state index >= 15 is 0 Å². The van der Waals surface area contributed by atoms with Crippen LogP contribution in [0.15, 0.2) is 40.2 Å². The number of hydrogen-bond donors (Lipinski definition) is 3. The van der Waals surface area contributed by atoms with Gasteiger partial charge in [0, 0.05) is 11.3 Å². The maximum absolute atomic E-state index is 11.4. The highest BCUT2D eigenvalue weighted by atomic mass is 16.5. The molecule has 0 bridgehead atoms. The first-order chi connectivity index (χ1) is 14.6. The van der Waals surface area contributed by atoms with Crippen LogP contribution in [-0.2, 0) is 0 Å². The van der Waals surface area contributed by atoms with E-state index in [0.717, 1.165) is 12.8 Å². The Balaban J connectivity index is 1.66. The number of benzene rings is 1. The summed E-state index contributed by atoms with van der Waals surface area (Å²) >= 11 is 0. The average Bonchev–Trinajstić information content (AvgIpc) is 3.37. The highest BCUT2D eigenvalue weighted by Crippen LogP contribution is 2.24. The fourth-order valence-electron chi connectivity index (χ4n) is 2.88. The molecule has 3 N–H and O–H groups in total. The minimum atomic E-state index is -0.517. The fraction of sp³-hybridized carbons (Fsp3) is 0.211. The van der Waals surface area contributed by atoms with Gasteiger partial charge in [0.05, 0.1) is 19.3 Å². The average molecular weight is 407 g/mol. The van der Waals surface area contributed by atoms with Crippen LogP contribution in [0.5, 0.6) is 23.4 Å². The van der Waals surface area contributed by atoms with Crippen molar-refractivity contribution >= 4 is 11.7 Å². The molecule has 0 spiro atoms. The number of hydrogen-bond acceptors (Lipinski definition) is 8. The minimum absolute atomic E-state index is 0.0945. The number of nitrogens with one attached hydrogen (secondary N) is 2. The summed E-state index contributed by atoms with van der Waals surface area (Å²) in [5.74, 6) is 0.875. The number of fused-ring (bicyclic) bond motifs is 1. The molecule has 1 saturated carbocycles. The molecule has 0 atom stereocenters. The second kappa shape index (κ2) is 7.03. The van der Waals surface area contributed by atoms with Crippen molar-refractivity contribution in [1.82, 2.24) is 29.5 Å². The number of H-pyrrole nitrogens is 2. The molecule has 1 aromatic carbocycles. The van der Waals surface area contributed by atoms with Crippen molar-refractivity contribution in [3.8, 4) is 23.4 Å². The van der Waals surface area contributed by atoms with E-state index in [0.29, 0.717) is 28.0 Å². The first kappa shape index (κ1) is 17.9. The number of aromatic hydroxyl groups is 1. The Bertz CT molecular complexity index is 1410. The quantitative estimate of drug-likeness (QED) is 0.430. The molecule has 0 amide bonds. The smallest absolute Gasteiger partial charge is 0.327 e. The van der Waals surface area contributed by atoms with Gasteiger partial charge in [-0.05, 0) is 31.1 Å². The Hall–Kier alpha value is -4.15. The van der Waals surface area contributed by atoms with E-state index in [2.05, 4.69) is 30.0 Å². The summed E-state index contributed by atoms with van der Waals surface area (Å²) in [5.41, 5.74) is 0.483. The third kappa shape index (κ3) is 3.48. The Morgan fingerprint density at radius 1 is 1.27 bits per heavy atom. The maximum Gasteiger partial charge on any atom is 0.327 e. The molecule has 1 fully saturated rings. The third-order valence-corrected chi connectivity index (χ3v) is 4.49. The van der Waals surface area contributed by atoms with Crippen LogP contribution in [0.3, 0.4) is 0 Å². The lowest BCUT2D eigenvalue weighted by Gasteiger charge is -2.06. The van der Waals surface area contributed by atoms with E-state index in [1.807, 2.05) is 0 Å². The molecule has 30 heavy (non-hydrogen) atoms. The maximum atomic E-state index is 11.4. The highest BCUT2D eigenvalue weighted by molar-refractivity contribution is 5.56. The van der Waals surface area contributed by atoms with Gasteiger partial charge in [-0.3, -0.25) is 4.98 Å². The molecule has 4 aromatic rings. The van der Waals surface area contributed by atoms with E-state index < -0.39 is 5.69 Å². The summed E-state index contributed by atoms with van der Waals surface area (Å²) in [6, 6.07) is 7.38. The van der Waals surface area contributed by atoms with Gasteiger partial charge in [-0.1, -0.05) is 6.07 Å². The molecule has 3 heterocycles. The number of imidazole rings is 1. The van der Waals surface area contributed by atoms with Gasteiger partial charge >= 0.3 is 11.7 Å². The molecule has 0 unspecified atom stereocenters. The molecule has 152 valence electrons. The van der Waals surface area contributed by atoms with Crippen molar-refractivity contribution in [2.24, 2.45) is 4.99 Å². The summed E-state index contributed by atoms with van der Waals surface area (Å²) in [6.07, 6.45) is 5.10. The minimum Gasteiger partial charge on any atom is -0.497 e. The summed E-state index contributed by atoms with van der Waals surface area (Å²) in [5, 5.41) is 14.7. The molecule has 0 radical (unpaired) electrons. The molecule has 0 aliphatic heterocycles. The van der Waals surface area contributed by atoms with Gasteiger partial charge in [0.15, 0.2) is 5.65 Å².